The average Bonchev–Trinajstić information content (AvgIpc) is 3.14. The van der Waals surface area contributed by atoms with Gasteiger partial charge in [-0.3, -0.25) is 20.5 Å². The first-order valence-electron chi connectivity index (χ1n) is 8.96. The van der Waals surface area contributed by atoms with Crippen molar-refractivity contribution < 1.29 is 9.32 Å². The van der Waals surface area contributed by atoms with Crippen molar-refractivity contribution in [2.45, 2.75) is 0 Å². The van der Waals surface area contributed by atoms with Gasteiger partial charge in [0.25, 0.3) is 5.91 Å². The Balaban J connectivity index is 1.65. The molecule has 0 atom stereocenters. The number of hydrogen-bond acceptors (Lipinski definition) is 7. The van der Waals surface area contributed by atoms with Crippen molar-refractivity contribution in [2.24, 2.45) is 0 Å². The lowest BCUT2D eigenvalue weighted by atomic mass is 10.2. The fraction of sp³-hybridized carbons (Fsp3) is 0.100. The fourth-order valence-electron chi connectivity index (χ4n) is 2.88. The van der Waals surface area contributed by atoms with E-state index in [9.17, 15) is 4.79 Å². The van der Waals surface area contributed by atoms with Crippen LogP contribution in [0, 0.1) is 10.8 Å². The maximum Gasteiger partial charge on any atom is 0.256 e. The topological polar surface area (TPSA) is 135 Å². The van der Waals surface area contributed by atoms with Crippen molar-refractivity contribution >= 4 is 69.9 Å². The van der Waals surface area contributed by atoms with Gasteiger partial charge in [-0.15, -0.1) is 0 Å². The third-order valence-electron chi connectivity index (χ3n) is 4.47. The van der Waals surface area contributed by atoms with Gasteiger partial charge in [0.05, 0.1) is 39.4 Å². The van der Waals surface area contributed by atoms with E-state index in [0.717, 1.165) is 18.4 Å². The first-order valence-corrected chi connectivity index (χ1v) is 9.72. The summed E-state index contributed by atoms with van der Waals surface area (Å²) in [5, 5.41) is 22.2. The smallest absolute Gasteiger partial charge is 0.256 e. The molecular formula is C20H19Cl2N7O2. The number of halogens is 2. The molecular weight excluding hydrogens is 441 g/mol. The lowest BCUT2D eigenvalue weighted by Crippen LogP contribution is -2.21. The lowest BCUT2D eigenvalue weighted by Gasteiger charge is -2.17. The zero-order chi connectivity index (χ0) is 22.5. The van der Waals surface area contributed by atoms with Gasteiger partial charge in [-0.1, -0.05) is 28.4 Å². The number of hydrogen-bond donors (Lipinski definition) is 4. The van der Waals surface area contributed by atoms with Gasteiger partial charge in [0.2, 0.25) is 0 Å². The summed E-state index contributed by atoms with van der Waals surface area (Å²) < 4.78 is 5.30. The number of benzene rings is 2. The normalized spacial score (nSPS) is 10.9. The number of amides is 1. The summed E-state index contributed by atoms with van der Waals surface area (Å²) in [5.41, 5.74) is 7.82. The molecule has 0 bridgehead atoms. The van der Waals surface area contributed by atoms with E-state index in [1.807, 2.05) is 11.9 Å². The number of carbonyl (C=O) groups is 1. The molecule has 5 N–H and O–H groups in total. The molecule has 11 heteroatoms. The SMILES string of the molecule is CN(C/C=C/NC(=O)c1ccc(N(C=N)C=N)cc1Cl)c1ccc(Cl)c2c(N)noc12. The van der Waals surface area contributed by atoms with Crippen LogP contribution in [0.4, 0.5) is 17.2 Å². The predicted molar refractivity (Wildman–Crippen MR) is 125 cm³/mol. The summed E-state index contributed by atoms with van der Waals surface area (Å²) in [7, 11) is 1.85. The molecule has 9 nitrogen and oxygen atoms in total. The first kappa shape index (κ1) is 22.1. The highest BCUT2D eigenvalue weighted by atomic mass is 35.5. The van der Waals surface area contributed by atoms with E-state index < -0.39 is 0 Å². The zero-order valence-electron chi connectivity index (χ0n) is 16.4. The van der Waals surface area contributed by atoms with Crippen LogP contribution in [0.15, 0.2) is 47.1 Å². The van der Waals surface area contributed by atoms with Crippen molar-refractivity contribution in [1.82, 2.24) is 10.5 Å². The highest BCUT2D eigenvalue weighted by molar-refractivity contribution is 6.36. The minimum absolute atomic E-state index is 0.209. The van der Waals surface area contributed by atoms with E-state index in [1.165, 1.54) is 23.2 Å². The number of nitrogen functional groups attached to an aromatic ring is 1. The van der Waals surface area contributed by atoms with Crippen molar-refractivity contribution in [3.63, 3.8) is 0 Å². The molecule has 1 aromatic heterocycles. The number of nitrogens with two attached hydrogens (primary N) is 1. The highest BCUT2D eigenvalue weighted by Gasteiger charge is 2.16. The monoisotopic (exact) mass is 459 g/mol. The number of fused-ring (bicyclic) bond motifs is 1. The second-order valence-electron chi connectivity index (χ2n) is 6.42. The summed E-state index contributed by atoms with van der Waals surface area (Å²) in [6.45, 7) is 0.456. The minimum Gasteiger partial charge on any atom is -0.380 e. The number of rotatable bonds is 8. The van der Waals surface area contributed by atoms with Crippen LogP contribution in [-0.4, -0.2) is 37.3 Å². The molecule has 3 rings (SSSR count). The summed E-state index contributed by atoms with van der Waals surface area (Å²) in [5.74, 6) is -0.158. The van der Waals surface area contributed by atoms with Gasteiger partial charge in [-0.25, -0.2) is 0 Å². The van der Waals surface area contributed by atoms with Gasteiger partial charge in [-0.05, 0) is 36.4 Å². The molecule has 0 saturated carbocycles. The van der Waals surface area contributed by atoms with Crippen LogP contribution in [0.3, 0.4) is 0 Å². The van der Waals surface area contributed by atoms with Crippen LogP contribution in [0.2, 0.25) is 10.0 Å². The predicted octanol–water partition coefficient (Wildman–Crippen LogP) is 4.12. The van der Waals surface area contributed by atoms with Gasteiger partial charge in [0.15, 0.2) is 11.4 Å². The summed E-state index contributed by atoms with van der Waals surface area (Å²) in [6, 6.07) is 8.17. The van der Waals surface area contributed by atoms with Crippen LogP contribution in [0.25, 0.3) is 11.0 Å². The quantitative estimate of drug-likeness (QED) is 0.295. The molecule has 0 fully saturated rings. The Labute approximate surface area is 188 Å². The molecule has 160 valence electrons. The molecule has 0 aliphatic carbocycles. The largest absolute Gasteiger partial charge is 0.380 e. The first-order chi connectivity index (χ1) is 14.9. The van der Waals surface area contributed by atoms with E-state index in [0.29, 0.717) is 28.2 Å². The highest BCUT2D eigenvalue weighted by Crippen LogP contribution is 2.35. The number of aromatic nitrogens is 1. The van der Waals surface area contributed by atoms with Crippen LogP contribution in [0.1, 0.15) is 10.4 Å². The molecule has 0 saturated heterocycles. The van der Waals surface area contributed by atoms with Crippen molar-refractivity contribution in [1.29, 1.82) is 10.8 Å². The van der Waals surface area contributed by atoms with E-state index >= 15 is 0 Å². The van der Waals surface area contributed by atoms with Crippen molar-refractivity contribution in [2.75, 3.05) is 29.1 Å². The second kappa shape index (κ2) is 9.50. The Hall–Kier alpha value is -3.56. The molecule has 0 radical (unpaired) electrons. The summed E-state index contributed by atoms with van der Waals surface area (Å²) in [4.78, 5) is 15.5. The standard InChI is InChI=1S/C20H19Cl2N7O2/c1-28(16-6-5-14(21)17-18(16)31-27-19(17)25)8-2-7-26-20(30)13-4-3-12(9-15(13)22)29(10-23)11-24/h2-7,9-11,23-24H,8H2,1H3,(H2,25,27)(H,26,30)/b7-2+,23-10?,24-11?. The summed E-state index contributed by atoms with van der Waals surface area (Å²) in [6.07, 6.45) is 5.22. The number of nitrogens with one attached hydrogen (secondary N) is 3. The molecule has 1 amide bonds. The van der Waals surface area contributed by atoms with Crippen LogP contribution >= 0.6 is 23.2 Å². The maximum absolute atomic E-state index is 12.4. The molecule has 1 heterocycles. The third-order valence-corrected chi connectivity index (χ3v) is 5.10. The van der Waals surface area contributed by atoms with Gasteiger partial charge >= 0.3 is 0 Å². The molecule has 0 spiro atoms. The number of anilines is 3. The Kier molecular flexibility index (Phi) is 6.78. The van der Waals surface area contributed by atoms with Crippen LogP contribution < -0.4 is 20.9 Å². The molecule has 2 aromatic carbocycles. The van der Waals surface area contributed by atoms with E-state index in [-0.39, 0.29) is 22.3 Å². The van der Waals surface area contributed by atoms with Crippen LogP contribution in [0.5, 0.6) is 0 Å². The number of likely N-dealkylation sites (N-methyl/N-ethyl adjacent to an activating group) is 1. The zero-order valence-corrected chi connectivity index (χ0v) is 17.9. The van der Waals surface area contributed by atoms with Gasteiger partial charge in [0.1, 0.15) is 0 Å². The van der Waals surface area contributed by atoms with Gasteiger partial charge in [-0.2, -0.15) is 0 Å². The van der Waals surface area contributed by atoms with E-state index in [4.69, 9.17) is 44.3 Å². The van der Waals surface area contributed by atoms with Gasteiger partial charge in [0, 0.05) is 25.5 Å². The molecule has 0 aliphatic heterocycles. The average molecular weight is 460 g/mol. The number of nitrogens with zero attached hydrogens (tertiary/aromatic N) is 3. The Morgan fingerprint density at radius 2 is 1.97 bits per heavy atom. The lowest BCUT2D eigenvalue weighted by molar-refractivity contribution is 0.0970. The minimum atomic E-state index is -0.386. The Morgan fingerprint density at radius 3 is 2.65 bits per heavy atom. The Morgan fingerprint density at radius 1 is 1.23 bits per heavy atom. The Bertz CT molecular complexity index is 1170. The molecule has 0 unspecified atom stereocenters. The number of carbonyl (C=O) groups excluding carboxylic acids is 1. The second-order valence-corrected chi connectivity index (χ2v) is 7.24. The van der Waals surface area contributed by atoms with E-state index in [1.54, 1.807) is 24.3 Å². The van der Waals surface area contributed by atoms with E-state index in [2.05, 4.69) is 10.5 Å². The van der Waals surface area contributed by atoms with Gasteiger partial charge < -0.3 is 20.5 Å². The summed E-state index contributed by atoms with van der Waals surface area (Å²) >= 11 is 12.3. The molecule has 3 aromatic rings. The maximum atomic E-state index is 12.4. The molecule has 0 aliphatic rings. The van der Waals surface area contributed by atoms with Crippen molar-refractivity contribution in [3.05, 3.63) is 58.2 Å². The van der Waals surface area contributed by atoms with Crippen molar-refractivity contribution in [3.8, 4) is 0 Å². The fourth-order valence-corrected chi connectivity index (χ4v) is 3.38. The van der Waals surface area contributed by atoms with Crippen LogP contribution in [-0.2, 0) is 0 Å². The third kappa shape index (κ3) is 4.62. The molecule has 31 heavy (non-hydrogen) atoms.